The summed E-state index contributed by atoms with van der Waals surface area (Å²) in [5.41, 5.74) is 2.27. The number of carbonyl (C=O) groups excluding carboxylic acids is 1. The Morgan fingerprint density at radius 3 is 3.10 bits per heavy atom. The molecule has 1 aromatic carbocycles. The highest BCUT2D eigenvalue weighted by Gasteiger charge is 2.20. The number of hydrogen-bond donors (Lipinski definition) is 2. The van der Waals surface area contributed by atoms with Gasteiger partial charge in [0.25, 0.3) is 0 Å². The van der Waals surface area contributed by atoms with E-state index in [-0.39, 0.29) is 11.9 Å². The molecule has 20 heavy (non-hydrogen) atoms. The first-order chi connectivity index (χ1) is 9.70. The fourth-order valence-electron chi connectivity index (χ4n) is 2.21. The minimum atomic E-state index is -0.226. The van der Waals surface area contributed by atoms with Crippen LogP contribution in [-0.4, -0.2) is 45.4 Å². The van der Waals surface area contributed by atoms with Crippen LogP contribution in [0.2, 0.25) is 0 Å². The predicted octanol–water partition coefficient (Wildman–Crippen LogP) is 0.651. The average molecular weight is 278 g/mol. The molecule has 2 rings (SSSR count). The third-order valence-corrected chi connectivity index (χ3v) is 3.42. The van der Waals surface area contributed by atoms with Crippen molar-refractivity contribution in [1.29, 1.82) is 0 Å². The van der Waals surface area contributed by atoms with E-state index < -0.39 is 0 Å². The lowest BCUT2D eigenvalue weighted by atomic mass is 10.1. The van der Waals surface area contributed by atoms with Gasteiger partial charge in [-0.2, -0.15) is 0 Å². The Morgan fingerprint density at radius 1 is 1.55 bits per heavy atom. The quantitative estimate of drug-likeness (QED) is 0.830. The van der Waals surface area contributed by atoms with E-state index in [1.165, 1.54) is 0 Å². The molecule has 1 amide bonds. The molecule has 5 heteroatoms. The van der Waals surface area contributed by atoms with E-state index in [1.54, 1.807) is 7.11 Å². The van der Waals surface area contributed by atoms with E-state index in [9.17, 15) is 4.79 Å². The first kappa shape index (κ1) is 14.8. The van der Waals surface area contributed by atoms with Crippen LogP contribution in [0.25, 0.3) is 0 Å². The number of amides is 1. The molecule has 1 aliphatic rings. The van der Waals surface area contributed by atoms with Crippen molar-refractivity contribution in [3.8, 4) is 5.75 Å². The van der Waals surface area contributed by atoms with Crippen molar-refractivity contribution >= 4 is 5.91 Å². The van der Waals surface area contributed by atoms with Gasteiger partial charge in [0.05, 0.1) is 20.3 Å². The smallest absolute Gasteiger partial charge is 0.239 e. The zero-order valence-electron chi connectivity index (χ0n) is 12.1. The monoisotopic (exact) mass is 278 g/mol. The molecule has 110 valence electrons. The summed E-state index contributed by atoms with van der Waals surface area (Å²) in [4.78, 5) is 11.9. The van der Waals surface area contributed by atoms with Gasteiger partial charge in [-0.15, -0.1) is 0 Å². The number of methoxy groups -OCH3 is 1. The molecule has 1 unspecified atom stereocenters. The van der Waals surface area contributed by atoms with Crippen LogP contribution in [0.3, 0.4) is 0 Å². The van der Waals surface area contributed by atoms with Crippen LogP contribution < -0.4 is 15.4 Å². The second kappa shape index (κ2) is 7.26. The average Bonchev–Trinajstić information content (AvgIpc) is 2.49. The molecule has 1 fully saturated rings. The molecule has 0 saturated carbocycles. The van der Waals surface area contributed by atoms with Crippen LogP contribution in [-0.2, 0) is 16.0 Å². The Balaban J connectivity index is 1.79. The van der Waals surface area contributed by atoms with Crippen LogP contribution >= 0.6 is 0 Å². The van der Waals surface area contributed by atoms with Crippen molar-refractivity contribution in [3.05, 3.63) is 29.3 Å². The maximum atomic E-state index is 11.9. The van der Waals surface area contributed by atoms with Gasteiger partial charge in [0.15, 0.2) is 0 Å². The van der Waals surface area contributed by atoms with Crippen molar-refractivity contribution in [3.63, 3.8) is 0 Å². The van der Waals surface area contributed by atoms with Crippen molar-refractivity contribution in [2.45, 2.75) is 19.4 Å². The Labute approximate surface area is 119 Å². The Morgan fingerprint density at radius 2 is 2.40 bits per heavy atom. The molecule has 0 spiro atoms. The molecule has 0 bridgehead atoms. The fourth-order valence-corrected chi connectivity index (χ4v) is 2.21. The second-order valence-electron chi connectivity index (χ2n) is 4.93. The van der Waals surface area contributed by atoms with E-state index in [4.69, 9.17) is 9.47 Å². The fraction of sp³-hybridized carbons (Fsp3) is 0.533. The van der Waals surface area contributed by atoms with E-state index >= 15 is 0 Å². The molecule has 1 heterocycles. The molecule has 1 aromatic rings. The highest BCUT2D eigenvalue weighted by Crippen LogP contribution is 2.18. The van der Waals surface area contributed by atoms with Crippen LogP contribution in [0.4, 0.5) is 0 Å². The van der Waals surface area contributed by atoms with E-state index in [2.05, 4.69) is 16.7 Å². The van der Waals surface area contributed by atoms with Crippen molar-refractivity contribution in [2.24, 2.45) is 0 Å². The number of morpholine rings is 1. The maximum Gasteiger partial charge on any atom is 0.239 e. The van der Waals surface area contributed by atoms with Gasteiger partial charge in [-0.3, -0.25) is 4.79 Å². The van der Waals surface area contributed by atoms with Gasteiger partial charge in [-0.25, -0.2) is 0 Å². The number of rotatable bonds is 5. The summed E-state index contributed by atoms with van der Waals surface area (Å²) in [6.45, 7) is 4.48. The SMILES string of the molecule is COc1cc(CCNC(=O)C2COCCN2)ccc1C. The summed E-state index contributed by atoms with van der Waals surface area (Å²) < 4.78 is 10.6. The molecular formula is C15H22N2O3. The summed E-state index contributed by atoms with van der Waals surface area (Å²) in [5, 5.41) is 6.07. The van der Waals surface area contributed by atoms with E-state index in [1.807, 2.05) is 19.1 Å². The van der Waals surface area contributed by atoms with Gasteiger partial charge in [0, 0.05) is 13.1 Å². The van der Waals surface area contributed by atoms with E-state index in [0.29, 0.717) is 19.8 Å². The molecule has 1 atom stereocenters. The summed E-state index contributed by atoms with van der Waals surface area (Å²) in [7, 11) is 1.67. The van der Waals surface area contributed by atoms with Crippen LogP contribution in [0.5, 0.6) is 5.75 Å². The molecule has 5 nitrogen and oxygen atoms in total. The number of ether oxygens (including phenoxy) is 2. The lowest BCUT2D eigenvalue weighted by Gasteiger charge is -2.22. The summed E-state index contributed by atoms with van der Waals surface area (Å²) >= 11 is 0. The van der Waals surface area contributed by atoms with Crippen molar-refractivity contribution < 1.29 is 14.3 Å². The minimum Gasteiger partial charge on any atom is -0.496 e. The first-order valence-corrected chi connectivity index (χ1v) is 6.93. The number of nitrogens with one attached hydrogen (secondary N) is 2. The number of aryl methyl sites for hydroxylation is 1. The van der Waals surface area contributed by atoms with Gasteiger partial charge >= 0.3 is 0 Å². The topological polar surface area (TPSA) is 59.6 Å². The second-order valence-corrected chi connectivity index (χ2v) is 4.93. The van der Waals surface area contributed by atoms with Crippen LogP contribution in [0.1, 0.15) is 11.1 Å². The highest BCUT2D eigenvalue weighted by atomic mass is 16.5. The van der Waals surface area contributed by atoms with Gasteiger partial charge < -0.3 is 20.1 Å². The normalized spacial score (nSPS) is 18.6. The third kappa shape index (κ3) is 3.95. The largest absolute Gasteiger partial charge is 0.496 e. The molecule has 2 N–H and O–H groups in total. The van der Waals surface area contributed by atoms with Crippen molar-refractivity contribution in [2.75, 3.05) is 33.4 Å². The molecule has 1 aliphatic heterocycles. The predicted molar refractivity (Wildman–Crippen MR) is 77.1 cm³/mol. The zero-order valence-corrected chi connectivity index (χ0v) is 12.1. The van der Waals surface area contributed by atoms with Gasteiger partial charge in [0.2, 0.25) is 5.91 Å². The minimum absolute atomic E-state index is 0.00350. The summed E-state index contributed by atoms with van der Waals surface area (Å²) in [5.74, 6) is 0.889. The lowest BCUT2D eigenvalue weighted by molar-refractivity contribution is -0.125. The van der Waals surface area contributed by atoms with Crippen LogP contribution in [0.15, 0.2) is 18.2 Å². The van der Waals surface area contributed by atoms with Gasteiger partial charge in [-0.1, -0.05) is 12.1 Å². The summed E-state index contributed by atoms with van der Waals surface area (Å²) in [6, 6.07) is 5.89. The standard InChI is InChI=1S/C15H22N2O3/c1-11-3-4-12(9-14(11)19-2)5-6-17-15(18)13-10-20-8-7-16-13/h3-4,9,13,16H,5-8,10H2,1-2H3,(H,17,18). The molecule has 0 aliphatic carbocycles. The Kier molecular flexibility index (Phi) is 5.38. The Hall–Kier alpha value is -1.59. The maximum absolute atomic E-state index is 11.9. The van der Waals surface area contributed by atoms with Crippen LogP contribution in [0, 0.1) is 6.92 Å². The highest BCUT2D eigenvalue weighted by molar-refractivity contribution is 5.81. The number of hydrogen-bond acceptors (Lipinski definition) is 4. The van der Waals surface area contributed by atoms with E-state index in [0.717, 1.165) is 29.8 Å². The van der Waals surface area contributed by atoms with Gasteiger partial charge in [0.1, 0.15) is 11.8 Å². The van der Waals surface area contributed by atoms with Crippen molar-refractivity contribution in [1.82, 2.24) is 10.6 Å². The third-order valence-electron chi connectivity index (χ3n) is 3.42. The zero-order chi connectivity index (χ0) is 14.4. The lowest BCUT2D eigenvalue weighted by Crippen LogP contribution is -2.51. The first-order valence-electron chi connectivity index (χ1n) is 6.93. The molecule has 0 radical (unpaired) electrons. The molecule has 0 aromatic heterocycles. The number of benzene rings is 1. The molecule has 1 saturated heterocycles. The molecular weight excluding hydrogens is 256 g/mol. The Bertz CT molecular complexity index is 456. The van der Waals surface area contributed by atoms with Gasteiger partial charge in [-0.05, 0) is 30.5 Å². The number of carbonyl (C=O) groups is 1. The summed E-state index contributed by atoms with van der Waals surface area (Å²) in [6.07, 6.45) is 0.788.